The highest BCUT2D eigenvalue weighted by Crippen LogP contribution is 2.29. The maximum atomic E-state index is 12.5. The van der Waals surface area contributed by atoms with Crippen molar-refractivity contribution in [3.63, 3.8) is 0 Å². The van der Waals surface area contributed by atoms with Crippen LogP contribution in [0.5, 0.6) is 0 Å². The molecule has 11 heteroatoms. The normalized spacial score (nSPS) is 11.7. The highest BCUT2D eigenvalue weighted by atomic mass is 35.5. The second-order valence-electron chi connectivity index (χ2n) is 7.56. The molecule has 0 bridgehead atoms. The van der Waals surface area contributed by atoms with Crippen LogP contribution in [0, 0.1) is 0 Å². The van der Waals surface area contributed by atoms with E-state index in [9.17, 15) is 24.3 Å². The van der Waals surface area contributed by atoms with E-state index in [2.05, 4.69) is 20.9 Å². The van der Waals surface area contributed by atoms with Crippen molar-refractivity contribution in [3.05, 3.63) is 78.3 Å². The topological polar surface area (TPSA) is 137 Å². The first-order valence-electron chi connectivity index (χ1n) is 10.5. The van der Waals surface area contributed by atoms with E-state index in [1.165, 1.54) is 24.5 Å². The van der Waals surface area contributed by atoms with Gasteiger partial charge >= 0.3 is 5.97 Å². The van der Waals surface area contributed by atoms with E-state index >= 15 is 0 Å². The largest absolute Gasteiger partial charge is 0.480 e. The minimum absolute atomic E-state index is 0.0180. The zero-order chi connectivity index (χ0) is 24.8. The first-order valence-corrected chi connectivity index (χ1v) is 11.2. The van der Waals surface area contributed by atoms with Crippen molar-refractivity contribution in [2.45, 2.75) is 32.2 Å². The molecule has 0 spiro atoms. The number of amides is 1. The Hall–Kier alpha value is -3.43. The van der Waals surface area contributed by atoms with Gasteiger partial charge in [0, 0.05) is 30.9 Å². The van der Waals surface area contributed by atoms with Crippen molar-refractivity contribution < 1.29 is 14.7 Å². The third-order valence-electron chi connectivity index (χ3n) is 5.11. The number of unbranched alkanes of at least 4 members (excludes halogenated alkanes) is 1. The van der Waals surface area contributed by atoms with E-state index in [1.807, 2.05) is 6.92 Å². The molecule has 0 unspecified atom stereocenters. The monoisotopic (exact) mass is 504 g/mol. The fourth-order valence-corrected chi connectivity index (χ4v) is 3.67. The van der Waals surface area contributed by atoms with Crippen molar-refractivity contribution in [2.75, 3.05) is 22.5 Å². The summed E-state index contributed by atoms with van der Waals surface area (Å²) >= 11 is 12.0. The molecule has 0 aliphatic heterocycles. The van der Waals surface area contributed by atoms with Crippen molar-refractivity contribution in [2.24, 2.45) is 0 Å². The Balaban J connectivity index is 1.69. The van der Waals surface area contributed by atoms with E-state index in [-0.39, 0.29) is 33.5 Å². The van der Waals surface area contributed by atoms with Gasteiger partial charge in [0.05, 0.1) is 15.7 Å². The number of nitrogens with zero attached hydrogens (tertiary/aromatic N) is 1. The number of nitrogens with one attached hydrogen (secondary N) is 3. The summed E-state index contributed by atoms with van der Waals surface area (Å²) in [4.78, 5) is 51.9. The predicted octanol–water partition coefficient (Wildman–Crippen LogP) is 3.56. The smallest absolute Gasteiger partial charge is 0.326 e. The van der Waals surface area contributed by atoms with Gasteiger partial charge in [-0.3, -0.25) is 19.4 Å². The Morgan fingerprint density at radius 2 is 1.62 bits per heavy atom. The molecule has 3 rings (SSSR count). The molecule has 2 aromatic carbocycles. The molecule has 3 aromatic rings. The summed E-state index contributed by atoms with van der Waals surface area (Å²) < 4.78 is 0. The first kappa shape index (κ1) is 25.2. The third-order valence-corrected chi connectivity index (χ3v) is 5.68. The summed E-state index contributed by atoms with van der Waals surface area (Å²) in [6, 6.07) is 5.11. The average Bonchev–Trinajstić information content (AvgIpc) is 2.82. The van der Waals surface area contributed by atoms with Crippen LogP contribution < -0.4 is 26.8 Å². The lowest BCUT2D eigenvalue weighted by atomic mass is 10.0. The van der Waals surface area contributed by atoms with Gasteiger partial charge in [-0.2, -0.15) is 0 Å². The van der Waals surface area contributed by atoms with Crippen LogP contribution in [-0.4, -0.2) is 34.6 Å². The second-order valence-corrected chi connectivity index (χ2v) is 8.37. The number of carboxylic acid groups (broad SMARTS) is 1. The molecule has 4 N–H and O–H groups in total. The summed E-state index contributed by atoms with van der Waals surface area (Å²) in [5, 5.41) is 18.2. The fourth-order valence-electron chi connectivity index (χ4n) is 3.21. The molecule has 9 nitrogen and oxygen atoms in total. The van der Waals surface area contributed by atoms with Crippen LogP contribution in [0.2, 0.25) is 10.0 Å². The molecule has 1 atom stereocenters. The number of pyridine rings is 1. The van der Waals surface area contributed by atoms with Crippen LogP contribution in [0.4, 0.5) is 17.1 Å². The lowest BCUT2D eigenvalue weighted by molar-refractivity contribution is -0.137. The molecule has 0 aliphatic carbocycles. The van der Waals surface area contributed by atoms with Gasteiger partial charge in [0.25, 0.3) is 16.8 Å². The number of carbonyl (C=O) groups excluding carboxylic acids is 1. The minimum atomic E-state index is -1.18. The van der Waals surface area contributed by atoms with Gasteiger partial charge in [0.15, 0.2) is 0 Å². The summed E-state index contributed by atoms with van der Waals surface area (Å²) in [6.07, 6.45) is 4.43. The van der Waals surface area contributed by atoms with Crippen molar-refractivity contribution in [3.8, 4) is 0 Å². The second kappa shape index (κ2) is 11.1. The maximum Gasteiger partial charge on any atom is 0.326 e. The van der Waals surface area contributed by atoms with Crippen molar-refractivity contribution in [1.82, 2.24) is 4.98 Å². The molecule has 34 heavy (non-hydrogen) atoms. The standard InChI is InChI=1S/C23H22Cl2N4O5/c1-2-3-8-27-18-19(21(31)20(18)30)28-16(23(33)34)9-12-4-6-13(7-5-12)22(32)29-17-14(24)10-26-11-15(17)25/h4-7,10-11,16,27-28H,2-3,8-9H2,1H3,(H,33,34)(H,26,29,32)/t16-/m0/s1. The molecule has 0 saturated carbocycles. The fraction of sp³-hybridized carbons (Fsp3) is 0.261. The Morgan fingerprint density at radius 1 is 1.00 bits per heavy atom. The van der Waals surface area contributed by atoms with Crippen LogP contribution in [0.1, 0.15) is 35.7 Å². The zero-order valence-corrected chi connectivity index (χ0v) is 19.7. The van der Waals surface area contributed by atoms with Gasteiger partial charge in [-0.05, 0) is 24.1 Å². The number of hydrogen-bond donors (Lipinski definition) is 4. The summed E-state index contributed by atoms with van der Waals surface area (Å²) in [5.74, 6) is -1.64. The molecule has 178 valence electrons. The molecule has 1 aromatic heterocycles. The minimum Gasteiger partial charge on any atom is -0.480 e. The molecule has 1 heterocycles. The molecule has 0 aliphatic rings. The van der Waals surface area contributed by atoms with E-state index in [4.69, 9.17) is 23.2 Å². The number of aliphatic carboxylic acids is 1. The molecule has 0 saturated heterocycles. The molecule has 0 fully saturated rings. The van der Waals surface area contributed by atoms with Crippen LogP contribution in [0.15, 0.2) is 46.2 Å². The third kappa shape index (κ3) is 5.73. The van der Waals surface area contributed by atoms with E-state index in [0.717, 1.165) is 12.8 Å². The number of anilines is 3. The van der Waals surface area contributed by atoms with Gasteiger partial charge in [0.2, 0.25) is 0 Å². The van der Waals surface area contributed by atoms with Crippen LogP contribution in [0.3, 0.4) is 0 Å². The summed E-state index contributed by atoms with van der Waals surface area (Å²) in [6.45, 7) is 2.50. The molecular weight excluding hydrogens is 483 g/mol. The number of aromatic nitrogens is 1. The van der Waals surface area contributed by atoms with E-state index in [0.29, 0.717) is 17.7 Å². The van der Waals surface area contributed by atoms with Crippen molar-refractivity contribution in [1.29, 1.82) is 0 Å². The lowest BCUT2D eigenvalue weighted by Gasteiger charge is -2.20. The van der Waals surface area contributed by atoms with Gasteiger partial charge in [0.1, 0.15) is 17.4 Å². The van der Waals surface area contributed by atoms with Crippen LogP contribution in [0.25, 0.3) is 0 Å². The number of halogens is 2. The highest BCUT2D eigenvalue weighted by molar-refractivity contribution is 6.39. The molecule has 1 amide bonds. The summed E-state index contributed by atoms with van der Waals surface area (Å²) in [7, 11) is 0. The zero-order valence-electron chi connectivity index (χ0n) is 18.2. The van der Waals surface area contributed by atoms with Gasteiger partial charge in [-0.25, -0.2) is 4.79 Å². The van der Waals surface area contributed by atoms with Crippen LogP contribution >= 0.6 is 23.2 Å². The Kier molecular flexibility index (Phi) is 8.25. The summed E-state index contributed by atoms with van der Waals surface area (Å²) in [5.41, 5.74) is -0.161. The van der Waals surface area contributed by atoms with Gasteiger partial charge in [-0.15, -0.1) is 0 Å². The maximum absolute atomic E-state index is 12.5. The van der Waals surface area contributed by atoms with Crippen molar-refractivity contribution >= 4 is 52.1 Å². The van der Waals surface area contributed by atoms with Gasteiger partial charge < -0.3 is 21.1 Å². The SMILES string of the molecule is CCCCNc1c(N[C@@H](Cc2ccc(C(=O)Nc3c(Cl)cncc3Cl)cc2)C(=O)O)c(=O)c1=O. The molecular formula is C23H22Cl2N4O5. The van der Waals surface area contributed by atoms with Gasteiger partial charge in [-0.1, -0.05) is 48.7 Å². The number of carbonyl (C=O) groups is 2. The Morgan fingerprint density at radius 3 is 2.21 bits per heavy atom. The quantitative estimate of drug-likeness (QED) is 0.229. The van der Waals surface area contributed by atoms with Crippen LogP contribution in [-0.2, 0) is 11.2 Å². The lowest BCUT2D eigenvalue weighted by Crippen LogP contribution is -2.42. The Bertz CT molecular complexity index is 1250. The average molecular weight is 505 g/mol. The number of benzene rings is 1. The van der Waals surface area contributed by atoms with E-state index < -0.39 is 28.8 Å². The number of hydrogen-bond acceptors (Lipinski definition) is 7. The molecule has 0 radical (unpaired) electrons. The van der Waals surface area contributed by atoms with E-state index in [1.54, 1.807) is 12.1 Å². The predicted molar refractivity (Wildman–Crippen MR) is 132 cm³/mol. The number of rotatable bonds is 11. The first-order chi connectivity index (χ1) is 16.2. The highest BCUT2D eigenvalue weighted by Gasteiger charge is 2.26. The number of carboxylic acids is 1. The Labute approximate surface area is 204 Å².